The fourth-order valence-electron chi connectivity index (χ4n) is 1.11. The summed E-state index contributed by atoms with van der Waals surface area (Å²) >= 11 is 5.31. The number of hydrogen-bond donors (Lipinski definition) is 0. The van der Waals surface area contributed by atoms with Gasteiger partial charge in [0.05, 0.1) is 7.11 Å². The van der Waals surface area contributed by atoms with Crippen LogP contribution in [0.1, 0.15) is 5.56 Å². The van der Waals surface area contributed by atoms with Crippen LogP contribution in [0.3, 0.4) is 0 Å². The molecule has 0 heterocycles. The smallest absolute Gasteiger partial charge is 0.316 e. The first-order chi connectivity index (χ1) is 6.63. The van der Waals surface area contributed by atoms with E-state index in [-0.39, 0.29) is 0 Å². The molecule has 0 fully saturated rings. The van der Waals surface area contributed by atoms with Gasteiger partial charge in [0.1, 0.15) is 5.75 Å². The molecule has 0 saturated heterocycles. The van der Waals surface area contributed by atoms with Gasteiger partial charge in [-0.15, -0.1) is 0 Å². The van der Waals surface area contributed by atoms with Crippen LogP contribution in [0.5, 0.6) is 5.75 Å². The molecule has 1 aromatic rings. The number of halogens is 1. The molecule has 0 radical (unpaired) electrons. The lowest BCUT2D eigenvalue weighted by Gasteiger charge is -2.13. The van der Waals surface area contributed by atoms with E-state index in [0.717, 1.165) is 11.3 Å². The summed E-state index contributed by atoms with van der Waals surface area (Å²) in [7, 11) is 3.25. The molecule has 0 aliphatic rings. The Balaban J connectivity index is 2.71. The minimum atomic E-state index is -0.465. The largest absolute Gasteiger partial charge is 0.497 e. The van der Waals surface area contributed by atoms with Crippen molar-refractivity contribution in [2.75, 3.05) is 14.2 Å². The Labute approximate surface area is 88.2 Å². The van der Waals surface area contributed by atoms with Crippen molar-refractivity contribution in [3.05, 3.63) is 29.8 Å². The van der Waals surface area contributed by atoms with E-state index in [0.29, 0.717) is 6.54 Å². The first-order valence-corrected chi connectivity index (χ1v) is 4.55. The monoisotopic (exact) mass is 213 g/mol. The van der Waals surface area contributed by atoms with Crippen molar-refractivity contribution >= 4 is 17.0 Å². The number of ether oxygens (including phenoxy) is 1. The lowest BCUT2D eigenvalue weighted by atomic mass is 10.2. The van der Waals surface area contributed by atoms with Gasteiger partial charge in [0.2, 0.25) is 0 Å². The van der Waals surface area contributed by atoms with E-state index < -0.39 is 5.37 Å². The molecule has 0 bridgehead atoms. The lowest BCUT2D eigenvalue weighted by molar-refractivity contribution is 0.230. The molecule has 1 aromatic carbocycles. The zero-order valence-electron chi connectivity index (χ0n) is 8.16. The maximum atomic E-state index is 10.8. The van der Waals surface area contributed by atoms with E-state index in [1.54, 1.807) is 14.2 Å². The van der Waals surface area contributed by atoms with E-state index >= 15 is 0 Å². The Morgan fingerprint density at radius 2 is 2.29 bits per heavy atom. The van der Waals surface area contributed by atoms with Gasteiger partial charge in [0, 0.05) is 13.6 Å². The third kappa shape index (κ3) is 2.92. The summed E-state index contributed by atoms with van der Waals surface area (Å²) in [6, 6.07) is 7.52. The first-order valence-electron chi connectivity index (χ1n) is 4.17. The molecule has 0 aliphatic carbocycles. The summed E-state index contributed by atoms with van der Waals surface area (Å²) in [4.78, 5) is 12.2. The van der Waals surface area contributed by atoms with E-state index in [1.807, 2.05) is 24.3 Å². The van der Waals surface area contributed by atoms with Gasteiger partial charge < -0.3 is 9.64 Å². The Hall–Kier alpha value is -1.22. The maximum absolute atomic E-state index is 10.8. The quantitative estimate of drug-likeness (QED) is 0.570. The zero-order valence-corrected chi connectivity index (χ0v) is 8.91. The van der Waals surface area contributed by atoms with Gasteiger partial charge >= 0.3 is 5.37 Å². The minimum absolute atomic E-state index is 0.465. The first kappa shape index (κ1) is 10.9. The van der Waals surface area contributed by atoms with Crippen LogP contribution in [0.4, 0.5) is 4.79 Å². The van der Waals surface area contributed by atoms with Gasteiger partial charge in [-0.2, -0.15) is 0 Å². The summed E-state index contributed by atoms with van der Waals surface area (Å²) in [6.45, 7) is 0.486. The van der Waals surface area contributed by atoms with Gasteiger partial charge in [0.25, 0.3) is 0 Å². The number of amides is 1. The molecule has 0 spiro atoms. The fraction of sp³-hybridized carbons (Fsp3) is 0.300. The second-order valence-corrected chi connectivity index (χ2v) is 3.28. The van der Waals surface area contributed by atoms with Crippen molar-refractivity contribution in [3.63, 3.8) is 0 Å². The topological polar surface area (TPSA) is 29.5 Å². The Morgan fingerprint density at radius 3 is 2.86 bits per heavy atom. The summed E-state index contributed by atoms with van der Waals surface area (Å²) in [6.07, 6.45) is 0. The zero-order chi connectivity index (χ0) is 10.6. The molecule has 0 unspecified atom stereocenters. The second kappa shape index (κ2) is 4.86. The number of rotatable bonds is 3. The maximum Gasteiger partial charge on any atom is 0.316 e. The van der Waals surface area contributed by atoms with Crippen molar-refractivity contribution in [3.8, 4) is 5.75 Å². The van der Waals surface area contributed by atoms with Crippen molar-refractivity contribution in [2.24, 2.45) is 0 Å². The summed E-state index contributed by atoms with van der Waals surface area (Å²) in [5.74, 6) is 0.776. The molecule has 4 heteroatoms. The van der Waals surface area contributed by atoms with Crippen molar-refractivity contribution < 1.29 is 9.53 Å². The molecule has 0 aliphatic heterocycles. The number of carbonyl (C=O) groups is 1. The van der Waals surface area contributed by atoms with Crippen LogP contribution in [0.15, 0.2) is 24.3 Å². The molecule has 0 atom stereocenters. The summed E-state index contributed by atoms with van der Waals surface area (Å²) in [5, 5.41) is -0.465. The summed E-state index contributed by atoms with van der Waals surface area (Å²) < 4.78 is 5.06. The van der Waals surface area contributed by atoms with Gasteiger partial charge in [-0.05, 0) is 29.3 Å². The molecule has 0 aromatic heterocycles. The van der Waals surface area contributed by atoms with E-state index in [1.165, 1.54) is 4.90 Å². The standard InChI is InChI=1S/C10H12ClNO2/c1-12(10(11)13)7-8-4-3-5-9(6-8)14-2/h3-6H,7H2,1-2H3. The third-order valence-corrected chi connectivity index (χ3v) is 2.14. The average Bonchev–Trinajstić information content (AvgIpc) is 2.18. The fourth-order valence-corrected chi connectivity index (χ4v) is 1.17. The van der Waals surface area contributed by atoms with Gasteiger partial charge in [0.15, 0.2) is 0 Å². The molecule has 0 saturated carbocycles. The van der Waals surface area contributed by atoms with Crippen molar-refractivity contribution in [2.45, 2.75) is 6.54 Å². The number of hydrogen-bond acceptors (Lipinski definition) is 2. The van der Waals surface area contributed by atoms with E-state index in [4.69, 9.17) is 16.3 Å². The van der Waals surface area contributed by atoms with Crippen LogP contribution in [0.25, 0.3) is 0 Å². The van der Waals surface area contributed by atoms with Crippen molar-refractivity contribution in [1.29, 1.82) is 0 Å². The third-order valence-electron chi connectivity index (χ3n) is 1.85. The summed E-state index contributed by atoms with van der Waals surface area (Å²) in [5.41, 5.74) is 0.987. The van der Waals surface area contributed by atoms with Crippen LogP contribution in [-0.4, -0.2) is 24.4 Å². The van der Waals surface area contributed by atoms with Crippen LogP contribution >= 0.6 is 11.6 Å². The van der Waals surface area contributed by atoms with Crippen LogP contribution in [-0.2, 0) is 6.54 Å². The molecule has 0 N–H and O–H groups in total. The predicted molar refractivity (Wildman–Crippen MR) is 55.7 cm³/mol. The number of nitrogens with zero attached hydrogens (tertiary/aromatic N) is 1. The second-order valence-electron chi connectivity index (χ2n) is 2.96. The van der Waals surface area contributed by atoms with Crippen molar-refractivity contribution in [1.82, 2.24) is 4.90 Å². The predicted octanol–water partition coefficient (Wildman–Crippen LogP) is 2.49. The van der Waals surface area contributed by atoms with Gasteiger partial charge in [-0.25, -0.2) is 0 Å². The van der Waals surface area contributed by atoms with Gasteiger partial charge in [-0.1, -0.05) is 12.1 Å². The highest BCUT2D eigenvalue weighted by atomic mass is 35.5. The molecule has 76 valence electrons. The highest BCUT2D eigenvalue weighted by molar-refractivity contribution is 6.62. The number of carbonyl (C=O) groups excluding carboxylic acids is 1. The van der Waals surface area contributed by atoms with Gasteiger partial charge in [-0.3, -0.25) is 4.79 Å². The molecular weight excluding hydrogens is 202 g/mol. The molecule has 1 amide bonds. The molecule has 1 rings (SSSR count). The van der Waals surface area contributed by atoms with Crippen LogP contribution in [0, 0.1) is 0 Å². The number of methoxy groups -OCH3 is 1. The SMILES string of the molecule is COc1cccc(CN(C)C(=O)Cl)c1. The Kier molecular flexibility index (Phi) is 3.77. The Morgan fingerprint density at radius 1 is 1.57 bits per heavy atom. The number of benzene rings is 1. The van der Waals surface area contributed by atoms with E-state index in [9.17, 15) is 4.79 Å². The minimum Gasteiger partial charge on any atom is -0.497 e. The normalized spacial score (nSPS) is 9.64. The molecule has 14 heavy (non-hydrogen) atoms. The van der Waals surface area contributed by atoms with Crippen LogP contribution < -0.4 is 4.74 Å². The lowest BCUT2D eigenvalue weighted by Crippen LogP contribution is -2.19. The van der Waals surface area contributed by atoms with E-state index in [2.05, 4.69) is 0 Å². The highest BCUT2D eigenvalue weighted by Gasteiger charge is 2.05. The van der Waals surface area contributed by atoms with Crippen LogP contribution in [0.2, 0.25) is 0 Å². The molecular formula is C10H12ClNO2. The highest BCUT2D eigenvalue weighted by Crippen LogP contribution is 2.14. The Bertz CT molecular complexity index is 328. The molecule has 3 nitrogen and oxygen atoms in total. The average molecular weight is 214 g/mol.